The van der Waals surface area contributed by atoms with Gasteiger partial charge in [0.2, 0.25) is 0 Å². The molecule has 36 heavy (non-hydrogen) atoms. The van der Waals surface area contributed by atoms with Crippen LogP contribution in [0, 0.1) is 11.8 Å². The third kappa shape index (κ3) is 4.46. The second-order valence-electron chi connectivity index (χ2n) is 9.51. The number of aromatic hydroxyl groups is 1. The zero-order valence-corrected chi connectivity index (χ0v) is 19.6. The maximum atomic E-state index is 10.5. The summed E-state index contributed by atoms with van der Waals surface area (Å²) in [4.78, 5) is 0. The molecule has 4 nitrogen and oxygen atoms in total. The molecule has 3 aromatic rings. The van der Waals surface area contributed by atoms with Gasteiger partial charge in [0, 0.05) is 11.8 Å². The molecule has 0 spiro atoms. The summed E-state index contributed by atoms with van der Waals surface area (Å²) in [5, 5.41) is 32.2. The predicted octanol–water partition coefficient (Wildman–Crippen LogP) is 7.85. The highest BCUT2D eigenvalue weighted by Gasteiger charge is 2.22. The Morgan fingerprint density at radius 1 is 0.667 bits per heavy atom. The maximum absolute atomic E-state index is 10.5. The highest BCUT2D eigenvalue weighted by molar-refractivity contribution is 5.85. The Kier molecular flexibility index (Phi) is 5.49. The van der Waals surface area contributed by atoms with Gasteiger partial charge in [0.1, 0.15) is 28.8 Å². The Labute approximate surface area is 209 Å². The average molecular weight is 475 g/mol. The fraction of sp³-hybridized carbons (Fsp3) is 0.125. The Morgan fingerprint density at radius 3 is 2.31 bits per heavy atom. The lowest BCUT2D eigenvalue weighted by Gasteiger charge is -2.26. The predicted molar refractivity (Wildman–Crippen MR) is 143 cm³/mol. The van der Waals surface area contributed by atoms with E-state index in [2.05, 4.69) is 24.3 Å². The van der Waals surface area contributed by atoms with E-state index < -0.39 is 0 Å². The number of phenols is 1. The molecule has 0 bridgehead atoms. The lowest BCUT2D eigenvalue weighted by Crippen LogP contribution is -2.13. The molecule has 6 rings (SSSR count). The molecule has 0 radical (unpaired) electrons. The van der Waals surface area contributed by atoms with Gasteiger partial charge >= 0.3 is 0 Å². The summed E-state index contributed by atoms with van der Waals surface area (Å²) in [6, 6.07) is 17.0. The topological polar surface area (TPSA) is 69.9 Å². The largest absolute Gasteiger partial charge is 0.508 e. The summed E-state index contributed by atoms with van der Waals surface area (Å²) in [7, 11) is 0. The molecule has 4 heteroatoms. The van der Waals surface area contributed by atoms with E-state index in [-0.39, 0.29) is 23.2 Å². The number of hydrogen-bond donors (Lipinski definition) is 3. The normalized spacial score (nSPS) is 23.1. The molecule has 0 saturated carbocycles. The van der Waals surface area contributed by atoms with Crippen LogP contribution in [0.1, 0.15) is 17.5 Å². The van der Waals surface area contributed by atoms with Crippen LogP contribution in [-0.4, -0.2) is 15.3 Å². The molecule has 0 saturated heterocycles. The Morgan fingerprint density at radius 2 is 1.42 bits per heavy atom. The van der Waals surface area contributed by atoms with Crippen molar-refractivity contribution in [3.63, 3.8) is 0 Å². The van der Waals surface area contributed by atoms with Crippen molar-refractivity contribution in [2.45, 2.75) is 12.8 Å². The van der Waals surface area contributed by atoms with E-state index in [1.165, 1.54) is 5.57 Å². The molecule has 3 aromatic carbocycles. The van der Waals surface area contributed by atoms with Gasteiger partial charge in [0.25, 0.3) is 0 Å². The van der Waals surface area contributed by atoms with E-state index in [1.807, 2.05) is 48.6 Å². The van der Waals surface area contributed by atoms with Gasteiger partial charge in [-0.25, -0.2) is 0 Å². The van der Waals surface area contributed by atoms with Crippen LogP contribution in [0.15, 0.2) is 120 Å². The number of phenolic OH excluding ortho intramolecular Hbond substituents is 1. The molecule has 0 amide bonds. The molecule has 3 aliphatic carbocycles. The second-order valence-corrected chi connectivity index (χ2v) is 9.51. The van der Waals surface area contributed by atoms with Crippen molar-refractivity contribution in [3.05, 3.63) is 131 Å². The molecule has 0 aromatic heterocycles. The minimum atomic E-state index is 0.106. The number of allylic oxidation sites excluding steroid dienone is 9. The summed E-state index contributed by atoms with van der Waals surface area (Å²) in [5.74, 6) is 2.46. The Bertz CT molecular complexity index is 1550. The molecule has 2 atom stereocenters. The van der Waals surface area contributed by atoms with Gasteiger partial charge in [0.05, 0.1) is 0 Å². The van der Waals surface area contributed by atoms with Gasteiger partial charge in [-0.3, -0.25) is 0 Å². The lowest BCUT2D eigenvalue weighted by atomic mass is 9.79. The number of ether oxygens (including phenoxy) is 1. The van der Waals surface area contributed by atoms with Gasteiger partial charge < -0.3 is 20.1 Å². The van der Waals surface area contributed by atoms with Crippen LogP contribution in [0.5, 0.6) is 17.2 Å². The monoisotopic (exact) mass is 474 g/mol. The van der Waals surface area contributed by atoms with E-state index in [1.54, 1.807) is 30.4 Å². The number of benzene rings is 3. The van der Waals surface area contributed by atoms with Gasteiger partial charge in [-0.1, -0.05) is 42.5 Å². The smallest absolute Gasteiger partial charge is 0.128 e. The first-order chi connectivity index (χ1) is 17.5. The Hall–Kier alpha value is -4.44. The van der Waals surface area contributed by atoms with Gasteiger partial charge in [0.15, 0.2) is 0 Å². The highest BCUT2D eigenvalue weighted by atomic mass is 16.5. The van der Waals surface area contributed by atoms with Crippen molar-refractivity contribution < 1.29 is 20.1 Å². The van der Waals surface area contributed by atoms with Crippen molar-refractivity contribution in [3.8, 4) is 17.2 Å². The lowest BCUT2D eigenvalue weighted by molar-refractivity contribution is 0.427. The molecule has 0 aliphatic heterocycles. The fourth-order valence-corrected chi connectivity index (χ4v) is 5.11. The first-order valence-corrected chi connectivity index (χ1v) is 12.1. The van der Waals surface area contributed by atoms with Crippen LogP contribution in [0.4, 0.5) is 0 Å². The third-order valence-corrected chi connectivity index (χ3v) is 7.00. The minimum absolute atomic E-state index is 0.106. The van der Waals surface area contributed by atoms with Crippen LogP contribution in [0.3, 0.4) is 0 Å². The first kappa shape index (κ1) is 22.1. The standard InChI is InChI=1S/C32H26O4/c33-28-8-3-20-1-2-22(14-25(20)15-28)23-5-10-30(35)17-27-19-32(12-7-24(27)13-23)36-31-11-6-21-4-9-29(34)16-26(21)18-31/h2-12,14-20,23,33-35H,1,13H2/b10-5+,30-17+. The highest BCUT2D eigenvalue weighted by Crippen LogP contribution is 2.36. The average Bonchev–Trinajstić information content (AvgIpc) is 2.86. The van der Waals surface area contributed by atoms with E-state index in [0.717, 1.165) is 40.3 Å². The fourth-order valence-electron chi connectivity index (χ4n) is 5.11. The molecular weight excluding hydrogens is 448 g/mol. The van der Waals surface area contributed by atoms with Crippen LogP contribution >= 0.6 is 0 Å². The SMILES string of the molecule is OC1=CC2=CC(C3/C=C/C(O)=C\c4cc(Oc5ccc6ccc(O)cc6c5)ccc4C3)=CCC2C=C1. The van der Waals surface area contributed by atoms with Crippen molar-refractivity contribution in [1.29, 1.82) is 0 Å². The summed E-state index contributed by atoms with van der Waals surface area (Å²) in [6.45, 7) is 0. The van der Waals surface area contributed by atoms with Gasteiger partial charge in [-0.15, -0.1) is 0 Å². The van der Waals surface area contributed by atoms with E-state index in [9.17, 15) is 15.3 Å². The van der Waals surface area contributed by atoms with Crippen molar-refractivity contribution in [1.82, 2.24) is 0 Å². The second kappa shape index (κ2) is 8.97. The summed E-state index contributed by atoms with van der Waals surface area (Å²) in [6.07, 6.45) is 17.3. The van der Waals surface area contributed by atoms with Crippen molar-refractivity contribution in [2.24, 2.45) is 11.8 Å². The molecule has 0 fully saturated rings. The molecule has 3 N–H and O–H groups in total. The number of fused-ring (bicyclic) bond motifs is 3. The summed E-state index contributed by atoms with van der Waals surface area (Å²) < 4.78 is 6.14. The molecule has 178 valence electrons. The molecular formula is C32H26O4. The maximum Gasteiger partial charge on any atom is 0.128 e. The first-order valence-electron chi connectivity index (χ1n) is 12.1. The van der Waals surface area contributed by atoms with Crippen LogP contribution in [-0.2, 0) is 6.42 Å². The molecule has 0 heterocycles. The van der Waals surface area contributed by atoms with Crippen LogP contribution in [0.2, 0.25) is 0 Å². The summed E-state index contributed by atoms with van der Waals surface area (Å²) >= 11 is 0. The zero-order chi connectivity index (χ0) is 24.6. The quantitative estimate of drug-likeness (QED) is 0.361. The number of aliphatic hydroxyl groups excluding tert-OH is 2. The third-order valence-electron chi connectivity index (χ3n) is 7.00. The number of hydrogen-bond acceptors (Lipinski definition) is 4. The van der Waals surface area contributed by atoms with Gasteiger partial charge in [-0.05, 0) is 107 Å². The number of rotatable bonds is 3. The Balaban J connectivity index is 1.28. The number of aliphatic hydroxyl groups is 2. The molecule has 3 aliphatic rings. The zero-order valence-electron chi connectivity index (χ0n) is 19.6. The summed E-state index contributed by atoms with van der Waals surface area (Å²) in [5.41, 5.74) is 4.35. The van der Waals surface area contributed by atoms with E-state index >= 15 is 0 Å². The van der Waals surface area contributed by atoms with Crippen LogP contribution in [0.25, 0.3) is 16.8 Å². The van der Waals surface area contributed by atoms with Crippen LogP contribution < -0.4 is 4.74 Å². The van der Waals surface area contributed by atoms with E-state index in [0.29, 0.717) is 17.4 Å². The minimum Gasteiger partial charge on any atom is -0.508 e. The van der Waals surface area contributed by atoms with Crippen molar-refractivity contribution >= 4 is 16.8 Å². The van der Waals surface area contributed by atoms with Gasteiger partial charge in [-0.2, -0.15) is 0 Å². The van der Waals surface area contributed by atoms with E-state index in [4.69, 9.17) is 4.74 Å². The van der Waals surface area contributed by atoms with Crippen molar-refractivity contribution in [2.75, 3.05) is 0 Å². The molecule has 2 unspecified atom stereocenters.